The van der Waals surface area contributed by atoms with Gasteiger partial charge in [-0.3, -0.25) is 4.90 Å². The molecule has 35 heavy (non-hydrogen) atoms. The molecule has 1 N–H and O–H groups in total. The van der Waals surface area contributed by atoms with Crippen LogP contribution in [-0.4, -0.2) is 36.2 Å². The Labute approximate surface area is 212 Å². The molecule has 3 aliphatic carbocycles. The molecule has 1 heterocycles. The largest absolute Gasteiger partial charge is 0.508 e. The van der Waals surface area contributed by atoms with Crippen molar-refractivity contribution in [2.45, 2.75) is 84.0 Å². The standard InChI is InChI=1S/C31H41NO2.CH4/c1-31-15-5-6-29(31)27-13-9-23-20-24(33)10-14-26(23)30(27)28(21-31)22-7-11-25(12-8-22)34-19-18-32-16-3-2-4-17-32;/h7-8,10-12,14,20,27-30,33H,2-6,9,13,15-19,21H2,1H3;1H4. The van der Waals surface area contributed by atoms with Crippen LogP contribution in [0.3, 0.4) is 0 Å². The van der Waals surface area contributed by atoms with Crippen molar-refractivity contribution in [2.75, 3.05) is 26.2 Å². The second-order valence-corrected chi connectivity index (χ2v) is 11.9. The summed E-state index contributed by atoms with van der Waals surface area (Å²) in [5, 5.41) is 10.1. The summed E-state index contributed by atoms with van der Waals surface area (Å²) in [7, 11) is 0. The molecule has 4 aliphatic rings. The number of piperidine rings is 1. The first-order valence-electron chi connectivity index (χ1n) is 13.9. The maximum absolute atomic E-state index is 10.1. The number of phenols is 1. The van der Waals surface area contributed by atoms with Gasteiger partial charge >= 0.3 is 0 Å². The predicted molar refractivity (Wildman–Crippen MR) is 144 cm³/mol. The van der Waals surface area contributed by atoms with E-state index in [1.54, 1.807) is 0 Å². The number of aromatic hydroxyl groups is 1. The monoisotopic (exact) mass is 475 g/mol. The topological polar surface area (TPSA) is 32.7 Å². The van der Waals surface area contributed by atoms with Gasteiger partial charge in [-0.15, -0.1) is 0 Å². The number of fused-ring (bicyclic) bond motifs is 5. The molecule has 5 unspecified atom stereocenters. The first kappa shape index (κ1) is 24.7. The molecule has 190 valence electrons. The van der Waals surface area contributed by atoms with E-state index in [1.807, 2.05) is 12.1 Å². The average molecular weight is 476 g/mol. The molecule has 3 fully saturated rings. The second-order valence-electron chi connectivity index (χ2n) is 11.9. The Morgan fingerprint density at radius 2 is 1.80 bits per heavy atom. The van der Waals surface area contributed by atoms with E-state index >= 15 is 0 Å². The summed E-state index contributed by atoms with van der Waals surface area (Å²) >= 11 is 0. The van der Waals surface area contributed by atoms with Crippen LogP contribution in [0.1, 0.15) is 94.2 Å². The lowest BCUT2D eigenvalue weighted by Gasteiger charge is -2.53. The Kier molecular flexibility index (Phi) is 7.17. The molecule has 5 atom stereocenters. The van der Waals surface area contributed by atoms with Crippen molar-refractivity contribution in [3.8, 4) is 11.5 Å². The fourth-order valence-electron chi connectivity index (χ4n) is 8.32. The van der Waals surface area contributed by atoms with Crippen LogP contribution in [-0.2, 0) is 6.42 Å². The van der Waals surface area contributed by atoms with Crippen LogP contribution < -0.4 is 4.74 Å². The van der Waals surface area contributed by atoms with Crippen molar-refractivity contribution in [3.05, 3.63) is 59.2 Å². The average Bonchev–Trinajstić information content (AvgIpc) is 3.26. The maximum atomic E-state index is 10.1. The van der Waals surface area contributed by atoms with Crippen molar-refractivity contribution in [2.24, 2.45) is 17.3 Å². The lowest BCUT2D eigenvalue weighted by Crippen LogP contribution is -2.43. The van der Waals surface area contributed by atoms with E-state index in [9.17, 15) is 5.11 Å². The van der Waals surface area contributed by atoms with Gasteiger partial charge in [0.2, 0.25) is 0 Å². The molecule has 2 aromatic rings. The minimum Gasteiger partial charge on any atom is -0.508 e. The summed E-state index contributed by atoms with van der Waals surface area (Å²) in [5.41, 5.74) is 4.84. The molecular formula is C32H45NO2. The molecule has 0 amide bonds. The first-order valence-corrected chi connectivity index (χ1v) is 13.9. The molecule has 3 heteroatoms. The highest BCUT2D eigenvalue weighted by molar-refractivity contribution is 5.43. The van der Waals surface area contributed by atoms with Crippen LogP contribution in [0.5, 0.6) is 11.5 Å². The lowest BCUT2D eigenvalue weighted by molar-refractivity contribution is 0.0431. The summed E-state index contributed by atoms with van der Waals surface area (Å²) in [5.74, 6) is 4.17. The third kappa shape index (κ3) is 4.73. The van der Waals surface area contributed by atoms with Gasteiger partial charge in [0.05, 0.1) is 0 Å². The second kappa shape index (κ2) is 10.2. The predicted octanol–water partition coefficient (Wildman–Crippen LogP) is 7.53. The zero-order chi connectivity index (χ0) is 23.1. The smallest absolute Gasteiger partial charge is 0.119 e. The molecule has 0 aromatic heterocycles. The minimum absolute atomic E-state index is 0. The van der Waals surface area contributed by atoms with Crippen molar-refractivity contribution in [3.63, 3.8) is 0 Å². The molecule has 0 spiro atoms. The van der Waals surface area contributed by atoms with Crippen LogP contribution in [0, 0.1) is 17.3 Å². The highest BCUT2D eigenvalue weighted by atomic mass is 16.5. The Balaban J connectivity index is 0.00000253. The number of ether oxygens (including phenoxy) is 1. The van der Waals surface area contributed by atoms with Gasteiger partial charge in [-0.25, -0.2) is 0 Å². The molecule has 3 nitrogen and oxygen atoms in total. The number of phenolic OH excluding ortho intramolecular Hbond substituents is 1. The van der Waals surface area contributed by atoms with Crippen LogP contribution in [0.25, 0.3) is 0 Å². The van der Waals surface area contributed by atoms with Crippen LogP contribution in [0.15, 0.2) is 42.5 Å². The van der Waals surface area contributed by atoms with E-state index in [-0.39, 0.29) is 7.43 Å². The maximum Gasteiger partial charge on any atom is 0.119 e. The normalized spacial score (nSPS) is 32.1. The SMILES string of the molecule is C.CC12CCCC1C1CCc3cc(O)ccc3C1C(c1ccc(OCCN3CCCCC3)cc1)C2. The number of hydrogen-bond donors (Lipinski definition) is 1. The van der Waals surface area contributed by atoms with Crippen molar-refractivity contribution >= 4 is 0 Å². The molecule has 1 saturated heterocycles. The number of hydrogen-bond acceptors (Lipinski definition) is 3. The van der Waals surface area contributed by atoms with E-state index < -0.39 is 0 Å². The van der Waals surface area contributed by atoms with Gasteiger partial charge in [0.1, 0.15) is 18.1 Å². The van der Waals surface area contributed by atoms with Gasteiger partial charge in [-0.2, -0.15) is 0 Å². The number of rotatable bonds is 5. The Morgan fingerprint density at radius 3 is 2.60 bits per heavy atom. The van der Waals surface area contributed by atoms with E-state index in [2.05, 4.69) is 42.2 Å². The summed E-state index contributed by atoms with van der Waals surface area (Å²) < 4.78 is 6.15. The number of aryl methyl sites for hydroxylation is 1. The van der Waals surface area contributed by atoms with Crippen LogP contribution in [0.2, 0.25) is 0 Å². The summed E-state index contributed by atoms with van der Waals surface area (Å²) in [6.45, 7) is 6.86. The highest BCUT2D eigenvalue weighted by Crippen LogP contribution is 2.65. The van der Waals surface area contributed by atoms with Gasteiger partial charge < -0.3 is 9.84 Å². The van der Waals surface area contributed by atoms with Crippen LogP contribution in [0.4, 0.5) is 0 Å². The molecule has 1 aliphatic heterocycles. The summed E-state index contributed by atoms with van der Waals surface area (Å²) in [6, 6.07) is 15.3. The molecule has 0 radical (unpaired) electrons. The number of nitrogens with zero attached hydrogens (tertiary/aromatic N) is 1. The quantitative estimate of drug-likeness (QED) is 0.485. The van der Waals surface area contributed by atoms with Gasteiger partial charge in [-0.1, -0.05) is 45.4 Å². The summed E-state index contributed by atoms with van der Waals surface area (Å²) in [6.07, 6.45) is 11.9. The third-order valence-electron chi connectivity index (χ3n) is 9.92. The van der Waals surface area contributed by atoms with E-state index in [1.165, 1.54) is 81.1 Å². The molecule has 2 saturated carbocycles. The highest BCUT2D eigenvalue weighted by Gasteiger charge is 2.54. The molecule has 2 aromatic carbocycles. The van der Waals surface area contributed by atoms with Gasteiger partial charge in [0.25, 0.3) is 0 Å². The van der Waals surface area contributed by atoms with Gasteiger partial charge in [0, 0.05) is 6.54 Å². The van der Waals surface area contributed by atoms with Crippen LogP contribution >= 0.6 is 0 Å². The fourth-order valence-corrected chi connectivity index (χ4v) is 8.32. The number of benzene rings is 2. The van der Waals surface area contributed by atoms with Gasteiger partial charge in [0.15, 0.2) is 0 Å². The first-order chi connectivity index (χ1) is 16.6. The molecular weight excluding hydrogens is 430 g/mol. The zero-order valence-electron chi connectivity index (χ0n) is 20.8. The Morgan fingerprint density at radius 1 is 1.00 bits per heavy atom. The number of likely N-dealkylation sites (tertiary alicyclic amines) is 1. The van der Waals surface area contributed by atoms with Crippen molar-refractivity contribution in [1.82, 2.24) is 4.90 Å². The van der Waals surface area contributed by atoms with Crippen molar-refractivity contribution in [1.29, 1.82) is 0 Å². The molecule has 6 rings (SSSR count). The summed E-state index contributed by atoms with van der Waals surface area (Å²) in [4.78, 5) is 2.54. The lowest BCUT2D eigenvalue weighted by atomic mass is 9.51. The Hall–Kier alpha value is -2.00. The fraction of sp³-hybridized carbons (Fsp3) is 0.625. The third-order valence-corrected chi connectivity index (χ3v) is 9.92. The zero-order valence-corrected chi connectivity index (χ0v) is 20.8. The minimum atomic E-state index is 0. The molecule has 0 bridgehead atoms. The van der Waals surface area contributed by atoms with E-state index in [4.69, 9.17) is 4.74 Å². The van der Waals surface area contributed by atoms with Crippen molar-refractivity contribution < 1.29 is 9.84 Å². The van der Waals surface area contributed by atoms with Gasteiger partial charge in [-0.05, 0) is 128 Å². The van der Waals surface area contributed by atoms with E-state index in [0.717, 1.165) is 37.2 Å². The van der Waals surface area contributed by atoms with E-state index in [0.29, 0.717) is 23.0 Å². The Bertz CT molecular complexity index is 995.